The monoisotopic (exact) mass is 353 g/mol. The molecule has 0 radical (unpaired) electrons. The first-order valence-electron chi connectivity index (χ1n) is 5.59. The molecule has 98 valence electrons. The molecule has 0 aliphatic carbocycles. The Hall–Kier alpha value is -1.24. The number of thiocarbonyl (C=S) groups is 1. The van der Waals surface area contributed by atoms with Crippen molar-refractivity contribution in [3.8, 4) is 0 Å². The van der Waals surface area contributed by atoms with Crippen molar-refractivity contribution in [1.29, 1.82) is 0 Å². The van der Waals surface area contributed by atoms with Gasteiger partial charge < -0.3 is 5.32 Å². The van der Waals surface area contributed by atoms with E-state index < -0.39 is 0 Å². The number of hydrogen-bond acceptors (Lipinski definition) is 3. The van der Waals surface area contributed by atoms with Crippen LogP contribution >= 0.6 is 39.5 Å². The topological polar surface area (TPSA) is 36.4 Å². The standard InChI is InChI=1S/C13H12BrN3S2/c14-11-6-12(19-9-11)8-16-17-13(18)15-7-10-4-2-1-3-5-10/h1-6,8-9H,7H2,(H2,15,17,18)/b16-8-. The van der Waals surface area contributed by atoms with Crippen LogP contribution in [-0.2, 0) is 6.54 Å². The number of hydrazone groups is 1. The third kappa shape index (κ3) is 5.10. The molecule has 0 spiro atoms. The SMILES string of the molecule is S=C(NCc1ccccc1)N/N=C\c1cc(Br)cs1. The lowest BCUT2D eigenvalue weighted by Crippen LogP contribution is -2.31. The minimum atomic E-state index is 0.510. The second-order valence-electron chi connectivity index (χ2n) is 3.71. The van der Waals surface area contributed by atoms with Gasteiger partial charge in [-0.2, -0.15) is 5.10 Å². The fourth-order valence-corrected chi connectivity index (χ4v) is 2.80. The third-order valence-corrected chi connectivity index (χ3v) is 4.11. The fourth-order valence-electron chi connectivity index (χ4n) is 1.37. The molecule has 2 aromatic rings. The predicted molar refractivity (Wildman–Crippen MR) is 88.6 cm³/mol. The van der Waals surface area contributed by atoms with Crippen LogP contribution in [0.2, 0.25) is 0 Å². The molecule has 0 amide bonds. The van der Waals surface area contributed by atoms with Gasteiger partial charge in [0.1, 0.15) is 0 Å². The Kier molecular flexibility index (Phi) is 5.50. The maximum Gasteiger partial charge on any atom is 0.187 e. The van der Waals surface area contributed by atoms with E-state index in [1.807, 2.05) is 41.8 Å². The van der Waals surface area contributed by atoms with Gasteiger partial charge in [-0.1, -0.05) is 30.3 Å². The lowest BCUT2D eigenvalue weighted by atomic mass is 10.2. The highest BCUT2D eigenvalue weighted by molar-refractivity contribution is 9.10. The quantitative estimate of drug-likeness (QED) is 0.501. The summed E-state index contributed by atoms with van der Waals surface area (Å²) in [6.07, 6.45) is 1.74. The predicted octanol–water partition coefficient (Wildman–Crippen LogP) is 3.51. The molecular weight excluding hydrogens is 342 g/mol. The molecule has 0 bridgehead atoms. The van der Waals surface area contributed by atoms with Crippen molar-refractivity contribution < 1.29 is 0 Å². The molecule has 1 aromatic heterocycles. The van der Waals surface area contributed by atoms with Gasteiger partial charge in [0.15, 0.2) is 5.11 Å². The Labute approximate surface area is 129 Å². The van der Waals surface area contributed by atoms with Crippen molar-refractivity contribution in [2.24, 2.45) is 5.10 Å². The second-order valence-corrected chi connectivity index (χ2v) is 5.97. The zero-order chi connectivity index (χ0) is 13.5. The molecule has 0 saturated heterocycles. The van der Waals surface area contributed by atoms with E-state index in [2.05, 4.69) is 31.8 Å². The first kappa shape index (κ1) is 14.2. The summed E-state index contributed by atoms with van der Waals surface area (Å²) in [6.45, 7) is 0.687. The molecule has 0 aliphatic heterocycles. The average molecular weight is 354 g/mol. The summed E-state index contributed by atoms with van der Waals surface area (Å²) in [5.41, 5.74) is 3.97. The molecule has 0 atom stereocenters. The molecule has 0 aliphatic rings. The Morgan fingerprint density at radius 2 is 2.16 bits per heavy atom. The number of thiophene rings is 1. The van der Waals surface area contributed by atoms with Crippen LogP contribution in [0.3, 0.4) is 0 Å². The summed E-state index contributed by atoms with van der Waals surface area (Å²) in [4.78, 5) is 1.06. The molecule has 2 N–H and O–H groups in total. The lowest BCUT2D eigenvalue weighted by molar-refractivity contribution is 0.869. The van der Waals surface area contributed by atoms with E-state index >= 15 is 0 Å². The molecule has 0 fully saturated rings. The molecular formula is C13H12BrN3S2. The number of halogens is 1. The fraction of sp³-hybridized carbons (Fsp3) is 0.0769. The molecule has 1 heterocycles. The van der Waals surface area contributed by atoms with Crippen molar-refractivity contribution in [2.75, 3.05) is 0 Å². The molecule has 3 nitrogen and oxygen atoms in total. The molecule has 0 saturated carbocycles. The Morgan fingerprint density at radius 1 is 1.37 bits per heavy atom. The number of nitrogens with one attached hydrogen (secondary N) is 2. The number of benzene rings is 1. The highest BCUT2D eigenvalue weighted by atomic mass is 79.9. The maximum atomic E-state index is 5.13. The zero-order valence-electron chi connectivity index (χ0n) is 9.97. The minimum Gasteiger partial charge on any atom is -0.357 e. The zero-order valence-corrected chi connectivity index (χ0v) is 13.2. The first-order valence-corrected chi connectivity index (χ1v) is 7.67. The van der Waals surface area contributed by atoms with Gasteiger partial charge in [0.25, 0.3) is 0 Å². The third-order valence-electron chi connectivity index (χ3n) is 2.24. The second kappa shape index (κ2) is 7.37. The summed E-state index contributed by atoms with van der Waals surface area (Å²) in [7, 11) is 0. The molecule has 1 aromatic carbocycles. The number of nitrogens with zero attached hydrogens (tertiary/aromatic N) is 1. The Bertz CT molecular complexity index is 566. The summed E-state index contributed by atoms with van der Waals surface area (Å²) in [5, 5.41) is 9.69. The summed E-state index contributed by atoms with van der Waals surface area (Å²) >= 11 is 10.1. The minimum absolute atomic E-state index is 0.510. The van der Waals surface area contributed by atoms with Crippen molar-refractivity contribution >= 4 is 50.8 Å². The van der Waals surface area contributed by atoms with E-state index in [1.54, 1.807) is 17.6 Å². The molecule has 19 heavy (non-hydrogen) atoms. The average Bonchev–Trinajstić information content (AvgIpc) is 2.83. The highest BCUT2D eigenvalue weighted by Crippen LogP contribution is 2.17. The molecule has 2 rings (SSSR count). The Balaban J connectivity index is 1.74. The first-order chi connectivity index (χ1) is 9.24. The largest absolute Gasteiger partial charge is 0.357 e. The Morgan fingerprint density at radius 3 is 2.84 bits per heavy atom. The van der Waals surface area contributed by atoms with E-state index in [0.29, 0.717) is 11.7 Å². The van der Waals surface area contributed by atoms with Gasteiger partial charge in [0.2, 0.25) is 0 Å². The van der Waals surface area contributed by atoms with E-state index in [4.69, 9.17) is 12.2 Å². The summed E-state index contributed by atoms with van der Waals surface area (Å²) in [5.74, 6) is 0. The van der Waals surface area contributed by atoms with Crippen molar-refractivity contribution in [2.45, 2.75) is 6.54 Å². The lowest BCUT2D eigenvalue weighted by Gasteiger charge is -2.06. The van der Waals surface area contributed by atoms with Crippen molar-refractivity contribution in [3.05, 3.63) is 56.7 Å². The van der Waals surface area contributed by atoms with Gasteiger partial charge in [0, 0.05) is 21.3 Å². The van der Waals surface area contributed by atoms with Crippen molar-refractivity contribution in [1.82, 2.24) is 10.7 Å². The van der Waals surface area contributed by atoms with Crippen LogP contribution in [0.1, 0.15) is 10.4 Å². The van der Waals surface area contributed by atoms with Gasteiger partial charge in [-0.05, 0) is 39.8 Å². The van der Waals surface area contributed by atoms with E-state index in [9.17, 15) is 0 Å². The maximum absolute atomic E-state index is 5.13. The van der Waals surface area contributed by atoms with Gasteiger partial charge in [-0.15, -0.1) is 11.3 Å². The van der Waals surface area contributed by atoms with Crippen LogP contribution < -0.4 is 10.7 Å². The van der Waals surface area contributed by atoms with Crippen LogP contribution in [0.4, 0.5) is 0 Å². The van der Waals surface area contributed by atoms with Crippen LogP contribution in [0.25, 0.3) is 0 Å². The van der Waals surface area contributed by atoms with E-state index in [1.165, 1.54) is 5.56 Å². The van der Waals surface area contributed by atoms with Crippen LogP contribution in [0.15, 0.2) is 51.4 Å². The van der Waals surface area contributed by atoms with Gasteiger partial charge >= 0.3 is 0 Å². The number of rotatable bonds is 4. The van der Waals surface area contributed by atoms with Gasteiger partial charge in [-0.25, -0.2) is 0 Å². The summed E-state index contributed by atoms with van der Waals surface area (Å²) in [6, 6.07) is 12.1. The molecule has 0 unspecified atom stereocenters. The smallest absolute Gasteiger partial charge is 0.187 e. The van der Waals surface area contributed by atoms with Crippen LogP contribution in [-0.4, -0.2) is 11.3 Å². The van der Waals surface area contributed by atoms with E-state index in [-0.39, 0.29) is 0 Å². The summed E-state index contributed by atoms with van der Waals surface area (Å²) < 4.78 is 1.06. The number of hydrogen-bond donors (Lipinski definition) is 2. The highest BCUT2D eigenvalue weighted by Gasteiger charge is 1.95. The van der Waals surface area contributed by atoms with Gasteiger partial charge in [-0.3, -0.25) is 5.43 Å². The van der Waals surface area contributed by atoms with Crippen molar-refractivity contribution in [3.63, 3.8) is 0 Å². The van der Waals surface area contributed by atoms with E-state index in [0.717, 1.165) is 9.35 Å². The van der Waals surface area contributed by atoms with Crippen LogP contribution in [0, 0.1) is 0 Å². The normalized spacial score (nSPS) is 10.6. The molecule has 6 heteroatoms. The van der Waals surface area contributed by atoms with Gasteiger partial charge in [0.05, 0.1) is 6.21 Å². The van der Waals surface area contributed by atoms with Crippen LogP contribution in [0.5, 0.6) is 0 Å².